The van der Waals surface area contributed by atoms with E-state index in [2.05, 4.69) is 39.8 Å². The van der Waals surface area contributed by atoms with Gasteiger partial charge >= 0.3 is 0 Å². The van der Waals surface area contributed by atoms with E-state index in [0.717, 1.165) is 22.3 Å². The third-order valence-corrected chi connectivity index (χ3v) is 9.34. The summed E-state index contributed by atoms with van der Waals surface area (Å²) in [5.41, 5.74) is 4.74. The van der Waals surface area contributed by atoms with Crippen molar-refractivity contribution in [2.45, 2.75) is 37.5 Å². The summed E-state index contributed by atoms with van der Waals surface area (Å²) in [4.78, 5) is 0.395. The van der Waals surface area contributed by atoms with Gasteiger partial charge in [-0.05, 0) is 121 Å². The van der Waals surface area contributed by atoms with Gasteiger partial charge in [0.2, 0.25) is 9.84 Å². The van der Waals surface area contributed by atoms with E-state index in [9.17, 15) is 8.42 Å². The molecule has 0 aliphatic rings. The largest absolute Gasteiger partial charge is 0.457 e. The van der Waals surface area contributed by atoms with Crippen LogP contribution in [0.2, 0.25) is 0 Å². The molecule has 0 spiro atoms. The molecule has 6 aromatic rings. The van der Waals surface area contributed by atoms with Gasteiger partial charge in [0.05, 0.1) is 9.79 Å². The molecule has 204 valence electrons. The van der Waals surface area contributed by atoms with Crippen molar-refractivity contribution < 1.29 is 17.9 Å². The third kappa shape index (κ3) is 4.94. The molecular weight excluding hydrogens is 528 g/mol. The molecule has 0 radical (unpaired) electrons. The van der Waals surface area contributed by atoms with Crippen LogP contribution in [0.3, 0.4) is 0 Å². The highest BCUT2D eigenvalue weighted by Crippen LogP contribution is 2.36. The molecule has 0 fully saturated rings. The van der Waals surface area contributed by atoms with Gasteiger partial charge in [-0.2, -0.15) is 0 Å². The van der Waals surface area contributed by atoms with Crippen LogP contribution in [-0.4, -0.2) is 8.42 Å². The highest BCUT2D eigenvalue weighted by molar-refractivity contribution is 7.91. The highest BCUT2D eigenvalue weighted by Gasteiger charge is 2.18. The average molecular weight is 559 g/mol. The van der Waals surface area contributed by atoms with Crippen LogP contribution in [0.25, 0.3) is 21.5 Å². The fourth-order valence-electron chi connectivity index (χ4n) is 5.48. The molecule has 0 saturated carbocycles. The second kappa shape index (κ2) is 10.4. The second-order valence-electron chi connectivity index (χ2n) is 10.4. The van der Waals surface area contributed by atoms with Gasteiger partial charge in [-0.25, -0.2) is 8.42 Å². The molecule has 0 bridgehead atoms. The van der Waals surface area contributed by atoms with Crippen molar-refractivity contribution in [3.8, 4) is 23.0 Å². The minimum absolute atomic E-state index is 0.197. The smallest absolute Gasteiger partial charge is 0.206 e. The van der Waals surface area contributed by atoms with Gasteiger partial charge in [0, 0.05) is 10.8 Å². The van der Waals surface area contributed by atoms with Crippen LogP contribution in [0.5, 0.6) is 23.0 Å². The van der Waals surface area contributed by atoms with Gasteiger partial charge in [-0.3, -0.25) is 0 Å². The van der Waals surface area contributed by atoms with E-state index in [1.54, 1.807) is 48.5 Å². The summed E-state index contributed by atoms with van der Waals surface area (Å²) < 4.78 is 39.1. The molecule has 5 heteroatoms. The summed E-state index contributed by atoms with van der Waals surface area (Å²) in [5.74, 6) is 2.61. The van der Waals surface area contributed by atoms with Crippen LogP contribution in [0.4, 0.5) is 0 Å². The van der Waals surface area contributed by atoms with Crippen LogP contribution in [0.1, 0.15) is 22.3 Å². The molecule has 0 aliphatic carbocycles. The van der Waals surface area contributed by atoms with E-state index in [1.165, 1.54) is 33.0 Å². The predicted octanol–water partition coefficient (Wildman–Crippen LogP) is 9.64. The zero-order valence-corrected chi connectivity index (χ0v) is 24.3. The lowest BCUT2D eigenvalue weighted by atomic mass is 10.0. The lowest BCUT2D eigenvalue weighted by Crippen LogP contribution is -2.02. The molecule has 0 saturated heterocycles. The molecule has 6 aromatic carbocycles. The van der Waals surface area contributed by atoms with Crippen molar-refractivity contribution >= 4 is 31.4 Å². The van der Waals surface area contributed by atoms with Crippen LogP contribution >= 0.6 is 0 Å². The van der Waals surface area contributed by atoms with Gasteiger partial charge in [-0.15, -0.1) is 0 Å². The molecule has 41 heavy (non-hydrogen) atoms. The Balaban J connectivity index is 1.23. The van der Waals surface area contributed by atoms with E-state index in [4.69, 9.17) is 9.47 Å². The number of ether oxygens (including phenoxy) is 2. The summed E-state index contributed by atoms with van der Waals surface area (Å²) in [6, 6.07) is 33.4. The number of sulfone groups is 1. The summed E-state index contributed by atoms with van der Waals surface area (Å²) in [5, 5.41) is 4.39. The first-order chi connectivity index (χ1) is 19.7. The number of rotatable bonds is 6. The maximum absolute atomic E-state index is 13.4. The summed E-state index contributed by atoms with van der Waals surface area (Å²) in [7, 11) is -3.72. The molecule has 0 N–H and O–H groups in total. The predicted molar refractivity (Wildman–Crippen MR) is 165 cm³/mol. The van der Waals surface area contributed by atoms with Crippen LogP contribution in [0.15, 0.2) is 119 Å². The molecule has 4 nitrogen and oxygen atoms in total. The monoisotopic (exact) mass is 558 g/mol. The van der Waals surface area contributed by atoms with Crippen LogP contribution in [-0.2, 0) is 9.84 Å². The molecule has 0 unspecified atom stereocenters. The molecule has 6 rings (SSSR count). The van der Waals surface area contributed by atoms with Crippen LogP contribution < -0.4 is 9.47 Å². The molecule has 0 aromatic heterocycles. The first-order valence-electron chi connectivity index (χ1n) is 13.5. The van der Waals surface area contributed by atoms with Crippen molar-refractivity contribution in [3.63, 3.8) is 0 Å². The average Bonchev–Trinajstić information content (AvgIpc) is 2.97. The Kier molecular flexibility index (Phi) is 6.76. The Hall–Kier alpha value is -4.61. The van der Waals surface area contributed by atoms with E-state index < -0.39 is 9.84 Å². The van der Waals surface area contributed by atoms with E-state index in [0.29, 0.717) is 11.5 Å². The quantitative estimate of drug-likeness (QED) is 0.204. The Bertz CT molecular complexity index is 1870. The Morgan fingerprint density at radius 3 is 1.20 bits per heavy atom. The highest BCUT2D eigenvalue weighted by atomic mass is 32.2. The van der Waals surface area contributed by atoms with Gasteiger partial charge in [0.25, 0.3) is 0 Å². The lowest BCUT2D eigenvalue weighted by molar-refractivity contribution is 0.487. The SMILES string of the molecule is Cc1cccc2c(Oc3ccc(S(=O)(=O)c4ccc(Oc5ccc(C)c6c(C)cccc56)cc4)cc3)ccc(C)c12. The zero-order chi connectivity index (χ0) is 28.7. The molecular formula is C36H30O4S. The second-order valence-corrected chi connectivity index (χ2v) is 12.4. The van der Waals surface area contributed by atoms with Crippen molar-refractivity contribution in [1.29, 1.82) is 0 Å². The minimum atomic E-state index is -3.72. The maximum Gasteiger partial charge on any atom is 0.206 e. The normalized spacial score (nSPS) is 11.6. The standard InChI is InChI=1S/C36H30O4S/c1-23-7-5-9-31-33(21-11-25(3)35(23)31)39-27-13-17-29(18-14-27)41(37,38)30-19-15-28(16-20-30)40-34-22-12-26(4)36-24(2)8-6-10-32(34)36/h5-22H,1-4H3. The number of hydrogen-bond acceptors (Lipinski definition) is 4. The Morgan fingerprint density at radius 1 is 0.439 bits per heavy atom. The molecule has 0 atom stereocenters. The summed E-state index contributed by atoms with van der Waals surface area (Å²) in [6.45, 7) is 8.34. The lowest BCUT2D eigenvalue weighted by Gasteiger charge is -2.13. The van der Waals surface area contributed by atoms with Crippen molar-refractivity contribution in [1.82, 2.24) is 0 Å². The molecule has 0 amide bonds. The zero-order valence-electron chi connectivity index (χ0n) is 23.4. The van der Waals surface area contributed by atoms with Gasteiger partial charge in [0.1, 0.15) is 23.0 Å². The molecule has 0 aliphatic heterocycles. The first kappa shape index (κ1) is 26.6. The summed E-state index contributed by atoms with van der Waals surface area (Å²) in [6.07, 6.45) is 0. The Labute approximate surface area is 240 Å². The van der Waals surface area contributed by atoms with Gasteiger partial charge in [0.15, 0.2) is 0 Å². The van der Waals surface area contributed by atoms with Crippen molar-refractivity contribution in [2.24, 2.45) is 0 Å². The first-order valence-corrected chi connectivity index (χ1v) is 15.0. The molecule has 0 heterocycles. The van der Waals surface area contributed by atoms with Crippen molar-refractivity contribution in [3.05, 3.63) is 131 Å². The number of fused-ring (bicyclic) bond motifs is 2. The van der Waals surface area contributed by atoms with Crippen LogP contribution in [0, 0.1) is 27.7 Å². The number of aryl methyl sites for hydroxylation is 4. The Morgan fingerprint density at radius 2 is 0.805 bits per heavy atom. The topological polar surface area (TPSA) is 52.6 Å². The van der Waals surface area contributed by atoms with Gasteiger partial charge < -0.3 is 9.47 Å². The summed E-state index contributed by atoms with van der Waals surface area (Å²) >= 11 is 0. The van der Waals surface area contributed by atoms with E-state index in [-0.39, 0.29) is 9.79 Å². The van der Waals surface area contributed by atoms with Crippen molar-refractivity contribution in [2.75, 3.05) is 0 Å². The fourth-order valence-corrected chi connectivity index (χ4v) is 6.74. The minimum Gasteiger partial charge on any atom is -0.457 e. The van der Waals surface area contributed by atoms with Gasteiger partial charge in [-0.1, -0.05) is 48.5 Å². The van der Waals surface area contributed by atoms with E-state index in [1.807, 2.05) is 48.5 Å². The van der Waals surface area contributed by atoms with E-state index >= 15 is 0 Å². The third-order valence-electron chi connectivity index (χ3n) is 7.56. The number of benzene rings is 6. The maximum atomic E-state index is 13.4. The fraction of sp³-hybridized carbons (Fsp3) is 0.111. The number of hydrogen-bond donors (Lipinski definition) is 0.